The number of imidazole rings is 1. The van der Waals surface area contributed by atoms with Crippen molar-refractivity contribution in [3.63, 3.8) is 0 Å². The summed E-state index contributed by atoms with van der Waals surface area (Å²) in [5.41, 5.74) is 3.19. The highest BCUT2D eigenvalue weighted by molar-refractivity contribution is 9.10. The van der Waals surface area contributed by atoms with Crippen LogP contribution in [-0.2, 0) is 0 Å². The van der Waals surface area contributed by atoms with Gasteiger partial charge in [0.25, 0.3) is 0 Å². The lowest BCUT2D eigenvalue weighted by Gasteiger charge is -1.97. The molecule has 0 radical (unpaired) electrons. The van der Waals surface area contributed by atoms with Gasteiger partial charge in [-0.3, -0.25) is 0 Å². The number of hydrogen-bond donors (Lipinski definition) is 1. The molecule has 108 valence electrons. The molecule has 5 heteroatoms. The van der Waals surface area contributed by atoms with Crippen LogP contribution in [0.25, 0.3) is 32.5 Å². The van der Waals surface area contributed by atoms with Gasteiger partial charge in [-0.05, 0) is 35.0 Å². The van der Waals surface area contributed by atoms with Crippen molar-refractivity contribution < 1.29 is 0 Å². The van der Waals surface area contributed by atoms with Gasteiger partial charge < -0.3 is 4.98 Å². The molecule has 0 aliphatic heterocycles. The summed E-state index contributed by atoms with van der Waals surface area (Å²) in [6.07, 6.45) is 0. The topological polar surface area (TPSA) is 28.7 Å². The summed E-state index contributed by atoms with van der Waals surface area (Å²) in [4.78, 5) is 10.7. The molecule has 2 nitrogen and oxygen atoms in total. The van der Waals surface area contributed by atoms with Crippen LogP contribution in [0.3, 0.4) is 0 Å². The Hall–Kier alpha value is -1.69. The number of halogens is 1. The number of thiophene rings is 2. The number of nitrogens with zero attached hydrogens (tertiary/aromatic N) is 1. The van der Waals surface area contributed by atoms with Gasteiger partial charge in [0, 0.05) is 10.0 Å². The third-order valence-electron chi connectivity index (χ3n) is 3.32. The molecule has 4 rings (SSSR count). The lowest BCUT2D eigenvalue weighted by molar-refractivity contribution is 1.31. The van der Waals surface area contributed by atoms with Crippen molar-refractivity contribution in [1.82, 2.24) is 9.97 Å². The quantitative estimate of drug-likeness (QED) is 0.439. The second-order valence-corrected chi connectivity index (χ2v) is 7.59. The van der Waals surface area contributed by atoms with E-state index in [1.807, 2.05) is 12.1 Å². The minimum absolute atomic E-state index is 0.896. The molecule has 0 fully saturated rings. The molecule has 3 heterocycles. The molecule has 0 aliphatic rings. The molecular weight excluding hydrogens is 376 g/mol. The zero-order valence-electron chi connectivity index (χ0n) is 11.4. The minimum atomic E-state index is 0.896. The van der Waals surface area contributed by atoms with E-state index >= 15 is 0 Å². The lowest BCUT2D eigenvalue weighted by Crippen LogP contribution is -1.80. The smallest absolute Gasteiger partial charge is 0.138 e. The van der Waals surface area contributed by atoms with E-state index in [0.29, 0.717) is 0 Å². The molecule has 0 saturated heterocycles. The Bertz CT molecular complexity index is 841. The molecule has 0 atom stereocenters. The normalized spacial score (nSPS) is 11.0. The molecule has 3 aromatic heterocycles. The molecule has 22 heavy (non-hydrogen) atoms. The number of aromatic nitrogens is 2. The van der Waals surface area contributed by atoms with Crippen LogP contribution in [0.1, 0.15) is 0 Å². The number of benzene rings is 1. The fraction of sp³-hybridized carbons (Fsp3) is 0. The molecule has 0 bridgehead atoms. The number of aromatic amines is 1. The first kappa shape index (κ1) is 13.9. The fourth-order valence-electron chi connectivity index (χ4n) is 2.34. The van der Waals surface area contributed by atoms with Gasteiger partial charge in [0.05, 0.1) is 15.4 Å². The average molecular weight is 387 g/mol. The number of nitrogens with one attached hydrogen (secondary N) is 1. The summed E-state index contributed by atoms with van der Waals surface area (Å²) < 4.78 is 1.05. The predicted molar refractivity (Wildman–Crippen MR) is 98.3 cm³/mol. The van der Waals surface area contributed by atoms with E-state index in [4.69, 9.17) is 4.98 Å². The van der Waals surface area contributed by atoms with Gasteiger partial charge in [-0.25, -0.2) is 4.98 Å². The van der Waals surface area contributed by atoms with Crippen LogP contribution in [0, 0.1) is 0 Å². The Morgan fingerprint density at radius 3 is 2.36 bits per heavy atom. The Kier molecular flexibility index (Phi) is 3.70. The first-order chi connectivity index (χ1) is 10.8. The SMILES string of the molecule is Brc1cccc(-c2nc(-c3cccs3)c(-c3cccs3)[nH]2)c1. The number of H-pyrrole nitrogens is 1. The van der Waals surface area contributed by atoms with Gasteiger partial charge in [-0.15, -0.1) is 22.7 Å². The maximum atomic E-state index is 4.86. The van der Waals surface area contributed by atoms with Crippen molar-refractivity contribution in [2.75, 3.05) is 0 Å². The standard InChI is InChI=1S/C17H11BrN2S2/c18-12-5-1-4-11(10-12)17-19-15(13-6-2-8-21-13)16(20-17)14-7-3-9-22-14/h1-10H,(H,19,20). The highest BCUT2D eigenvalue weighted by Crippen LogP contribution is 2.37. The van der Waals surface area contributed by atoms with Crippen LogP contribution in [0.5, 0.6) is 0 Å². The zero-order chi connectivity index (χ0) is 14.9. The second-order valence-electron chi connectivity index (χ2n) is 4.77. The molecule has 4 aromatic rings. The van der Waals surface area contributed by atoms with Crippen molar-refractivity contribution in [2.24, 2.45) is 0 Å². The Balaban J connectivity index is 1.90. The Labute approximate surface area is 144 Å². The summed E-state index contributed by atoms with van der Waals surface area (Å²) in [5.74, 6) is 0.896. The summed E-state index contributed by atoms with van der Waals surface area (Å²) >= 11 is 6.96. The van der Waals surface area contributed by atoms with Crippen molar-refractivity contribution in [2.45, 2.75) is 0 Å². The molecule has 0 unspecified atom stereocenters. The molecule has 0 aliphatic carbocycles. The predicted octanol–water partition coefficient (Wildman–Crippen LogP) is 6.30. The average Bonchev–Trinajstić information content (AvgIpc) is 3.27. The van der Waals surface area contributed by atoms with Gasteiger partial charge in [-0.2, -0.15) is 0 Å². The lowest BCUT2D eigenvalue weighted by atomic mass is 10.2. The third kappa shape index (κ3) is 2.56. The summed E-state index contributed by atoms with van der Waals surface area (Å²) in [6.45, 7) is 0. The van der Waals surface area contributed by atoms with Crippen molar-refractivity contribution >= 4 is 38.6 Å². The van der Waals surface area contributed by atoms with E-state index in [1.54, 1.807) is 22.7 Å². The molecule has 0 amide bonds. The maximum Gasteiger partial charge on any atom is 0.138 e. The molecular formula is C17H11BrN2S2. The zero-order valence-corrected chi connectivity index (χ0v) is 14.6. The van der Waals surface area contributed by atoms with Crippen LogP contribution >= 0.6 is 38.6 Å². The van der Waals surface area contributed by atoms with E-state index < -0.39 is 0 Å². The van der Waals surface area contributed by atoms with Crippen molar-refractivity contribution in [1.29, 1.82) is 0 Å². The van der Waals surface area contributed by atoms with Crippen LogP contribution in [0.4, 0.5) is 0 Å². The Morgan fingerprint density at radius 1 is 0.909 bits per heavy atom. The van der Waals surface area contributed by atoms with Crippen LogP contribution in [0.15, 0.2) is 63.8 Å². The molecule has 0 spiro atoms. The summed E-state index contributed by atoms with van der Waals surface area (Å²) in [7, 11) is 0. The van der Waals surface area contributed by atoms with Crippen LogP contribution in [0.2, 0.25) is 0 Å². The first-order valence-electron chi connectivity index (χ1n) is 6.75. The molecule has 1 N–H and O–H groups in total. The third-order valence-corrected chi connectivity index (χ3v) is 5.58. The van der Waals surface area contributed by atoms with Gasteiger partial charge in [-0.1, -0.05) is 40.2 Å². The van der Waals surface area contributed by atoms with E-state index in [-0.39, 0.29) is 0 Å². The van der Waals surface area contributed by atoms with E-state index in [1.165, 1.54) is 9.75 Å². The van der Waals surface area contributed by atoms with Crippen molar-refractivity contribution in [3.8, 4) is 32.5 Å². The first-order valence-corrected chi connectivity index (χ1v) is 9.30. The van der Waals surface area contributed by atoms with Crippen LogP contribution in [-0.4, -0.2) is 9.97 Å². The van der Waals surface area contributed by atoms with E-state index in [0.717, 1.165) is 27.2 Å². The van der Waals surface area contributed by atoms with Gasteiger partial charge >= 0.3 is 0 Å². The second kappa shape index (κ2) is 5.83. The molecule has 0 saturated carbocycles. The summed E-state index contributed by atoms with van der Waals surface area (Å²) in [5, 5.41) is 4.17. The fourth-order valence-corrected chi connectivity index (χ4v) is 4.18. The highest BCUT2D eigenvalue weighted by Gasteiger charge is 2.16. The van der Waals surface area contributed by atoms with Gasteiger partial charge in [0.2, 0.25) is 0 Å². The minimum Gasteiger partial charge on any atom is -0.337 e. The van der Waals surface area contributed by atoms with Crippen LogP contribution < -0.4 is 0 Å². The largest absolute Gasteiger partial charge is 0.337 e. The van der Waals surface area contributed by atoms with E-state index in [9.17, 15) is 0 Å². The van der Waals surface area contributed by atoms with E-state index in [2.05, 4.69) is 68.1 Å². The molecule has 1 aromatic carbocycles. The maximum absolute atomic E-state index is 4.86. The Morgan fingerprint density at radius 2 is 1.68 bits per heavy atom. The van der Waals surface area contributed by atoms with Gasteiger partial charge in [0.1, 0.15) is 11.5 Å². The highest BCUT2D eigenvalue weighted by atomic mass is 79.9. The number of hydrogen-bond acceptors (Lipinski definition) is 3. The number of rotatable bonds is 3. The van der Waals surface area contributed by atoms with Crippen molar-refractivity contribution in [3.05, 3.63) is 63.8 Å². The monoisotopic (exact) mass is 386 g/mol. The summed E-state index contributed by atoms with van der Waals surface area (Å²) in [6, 6.07) is 16.6. The van der Waals surface area contributed by atoms with Gasteiger partial charge in [0.15, 0.2) is 0 Å².